The SMILES string of the molecule is Cc1cc(C)n2c(C(=O)NC[C@@H]3CN(C)CCO3)nnc2n1. The van der Waals surface area contributed by atoms with Crippen molar-refractivity contribution in [2.45, 2.75) is 20.0 Å². The third kappa shape index (κ3) is 2.93. The van der Waals surface area contributed by atoms with Crippen LogP contribution in [0.5, 0.6) is 0 Å². The van der Waals surface area contributed by atoms with E-state index in [1.54, 1.807) is 4.40 Å². The molecule has 1 aliphatic rings. The van der Waals surface area contributed by atoms with Gasteiger partial charge in [-0.1, -0.05) is 0 Å². The molecule has 3 heterocycles. The number of fused-ring (bicyclic) bond motifs is 1. The van der Waals surface area contributed by atoms with E-state index >= 15 is 0 Å². The highest BCUT2D eigenvalue weighted by molar-refractivity contribution is 5.91. The number of likely N-dealkylation sites (N-methyl/N-ethyl adjacent to an activating group) is 1. The number of hydrogen-bond acceptors (Lipinski definition) is 6. The molecule has 0 radical (unpaired) electrons. The lowest BCUT2D eigenvalue weighted by molar-refractivity contribution is -0.0175. The first-order chi connectivity index (χ1) is 10.5. The van der Waals surface area contributed by atoms with Crippen LogP contribution in [-0.4, -0.2) is 69.8 Å². The number of nitrogens with zero attached hydrogens (tertiary/aromatic N) is 5. The number of amides is 1. The Hall–Kier alpha value is -2.06. The van der Waals surface area contributed by atoms with Crippen LogP contribution < -0.4 is 5.32 Å². The molecule has 1 aliphatic heterocycles. The summed E-state index contributed by atoms with van der Waals surface area (Å²) < 4.78 is 7.29. The van der Waals surface area contributed by atoms with Gasteiger partial charge in [0.2, 0.25) is 5.82 Å². The summed E-state index contributed by atoms with van der Waals surface area (Å²) in [5.74, 6) is 0.429. The van der Waals surface area contributed by atoms with Crippen molar-refractivity contribution in [2.24, 2.45) is 0 Å². The van der Waals surface area contributed by atoms with Crippen LogP contribution in [0.4, 0.5) is 0 Å². The lowest BCUT2D eigenvalue weighted by Gasteiger charge is -2.29. The number of hydrogen-bond donors (Lipinski definition) is 1. The first kappa shape index (κ1) is 14.9. The van der Waals surface area contributed by atoms with E-state index in [9.17, 15) is 4.79 Å². The molecule has 0 unspecified atom stereocenters. The molecule has 0 aromatic carbocycles. The van der Waals surface area contributed by atoms with Gasteiger partial charge in [0, 0.05) is 31.0 Å². The van der Waals surface area contributed by atoms with E-state index in [2.05, 4.69) is 25.4 Å². The largest absolute Gasteiger partial charge is 0.374 e. The number of morpholine rings is 1. The summed E-state index contributed by atoms with van der Waals surface area (Å²) in [6, 6.07) is 1.90. The summed E-state index contributed by atoms with van der Waals surface area (Å²) in [6.07, 6.45) is 0.00310. The number of rotatable bonds is 3. The van der Waals surface area contributed by atoms with Crippen molar-refractivity contribution in [1.82, 2.24) is 29.8 Å². The highest BCUT2D eigenvalue weighted by Gasteiger charge is 2.21. The second-order valence-corrected chi connectivity index (χ2v) is 5.66. The summed E-state index contributed by atoms with van der Waals surface area (Å²) in [5, 5.41) is 10.8. The standard InChI is InChI=1S/C14H20N6O2/c1-9-6-10(2)20-12(17-18-14(20)16-9)13(21)15-7-11-8-19(3)4-5-22-11/h6,11H,4-5,7-8H2,1-3H3,(H,15,21)/t11-/m1/s1. The molecule has 118 valence electrons. The second kappa shape index (κ2) is 5.98. The van der Waals surface area contributed by atoms with Gasteiger partial charge in [0.25, 0.3) is 11.7 Å². The Bertz CT molecular complexity index is 698. The van der Waals surface area contributed by atoms with Crippen molar-refractivity contribution in [2.75, 3.05) is 33.3 Å². The molecular weight excluding hydrogens is 284 g/mol. The predicted molar refractivity (Wildman–Crippen MR) is 79.8 cm³/mol. The Kier molecular flexibility index (Phi) is 4.04. The van der Waals surface area contributed by atoms with Gasteiger partial charge < -0.3 is 15.0 Å². The van der Waals surface area contributed by atoms with E-state index in [-0.39, 0.29) is 17.8 Å². The predicted octanol–water partition coefficient (Wildman–Crippen LogP) is -0.198. The van der Waals surface area contributed by atoms with Gasteiger partial charge in [-0.15, -0.1) is 10.2 Å². The second-order valence-electron chi connectivity index (χ2n) is 5.66. The fraction of sp³-hybridized carbons (Fsp3) is 0.571. The number of aromatic nitrogens is 4. The van der Waals surface area contributed by atoms with Crippen molar-refractivity contribution >= 4 is 11.7 Å². The van der Waals surface area contributed by atoms with Crippen LogP contribution >= 0.6 is 0 Å². The van der Waals surface area contributed by atoms with Gasteiger partial charge in [0.1, 0.15) is 0 Å². The van der Waals surface area contributed by atoms with Crippen LogP contribution in [0, 0.1) is 13.8 Å². The highest BCUT2D eigenvalue weighted by atomic mass is 16.5. The van der Waals surface area contributed by atoms with Gasteiger partial charge in [-0.2, -0.15) is 0 Å². The summed E-state index contributed by atoms with van der Waals surface area (Å²) in [4.78, 5) is 18.8. The maximum absolute atomic E-state index is 12.3. The molecule has 0 aliphatic carbocycles. The normalized spacial score (nSPS) is 19.5. The molecule has 2 aromatic heterocycles. The first-order valence-corrected chi connectivity index (χ1v) is 7.32. The summed E-state index contributed by atoms with van der Waals surface area (Å²) >= 11 is 0. The maximum Gasteiger partial charge on any atom is 0.289 e. The van der Waals surface area contributed by atoms with Crippen LogP contribution in [-0.2, 0) is 4.74 Å². The number of ether oxygens (including phenoxy) is 1. The van der Waals surface area contributed by atoms with Gasteiger partial charge in [0.15, 0.2) is 0 Å². The molecule has 8 nitrogen and oxygen atoms in total. The molecule has 22 heavy (non-hydrogen) atoms. The van der Waals surface area contributed by atoms with E-state index in [4.69, 9.17) is 4.74 Å². The number of nitrogens with one attached hydrogen (secondary N) is 1. The van der Waals surface area contributed by atoms with Crippen molar-refractivity contribution in [3.05, 3.63) is 23.3 Å². The molecule has 1 N–H and O–H groups in total. The van der Waals surface area contributed by atoms with Gasteiger partial charge in [0.05, 0.1) is 12.7 Å². The molecule has 1 atom stereocenters. The summed E-state index contributed by atoms with van der Waals surface area (Å²) in [7, 11) is 2.04. The van der Waals surface area contributed by atoms with Crippen LogP contribution in [0.1, 0.15) is 22.0 Å². The van der Waals surface area contributed by atoms with E-state index in [0.717, 1.165) is 24.5 Å². The minimum atomic E-state index is -0.266. The highest BCUT2D eigenvalue weighted by Crippen LogP contribution is 2.08. The van der Waals surface area contributed by atoms with Crippen LogP contribution in [0.3, 0.4) is 0 Å². The average Bonchev–Trinajstić information content (AvgIpc) is 2.89. The fourth-order valence-electron chi connectivity index (χ4n) is 2.65. The Balaban J connectivity index is 1.72. The van der Waals surface area contributed by atoms with Gasteiger partial charge in [-0.05, 0) is 27.0 Å². The molecule has 8 heteroatoms. The van der Waals surface area contributed by atoms with E-state index in [0.29, 0.717) is 18.9 Å². The summed E-state index contributed by atoms with van der Waals surface area (Å²) in [5.41, 5.74) is 1.73. The number of carbonyl (C=O) groups is 1. The van der Waals surface area contributed by atoms with E-state index in [1.165, 1.54) is 0 Å². The molecular formula is C14H20N6O2. The lowest BCUT2D eigenvalue weighted by Crippen LogP contribution is -2.46. The molecule has 0 spiro atoms. The third-order valence-electron chi connectivity index (χ3n) is 3.73. The van der Waals surface area contributed by atoms with E-state index < -0.39 is 0 Å². The molecule has 1 amide bonds. The first-order valence-electron chi connectivity index (χ1n) is 7.32. The Labute approximate surface area is 128 Å². The van der Waals surface area contributed by atoms with Crippen LogP contribution in [0.15, 0.2) is 6.07 Å². The minimum absolute atomic E-state index is 0.00310. The Morgan fingerprint density at radius 1 is 1.45 bits per heavy atom. The maximum atomic E-state index is 12.3. The average molecular weight is 304 g/mol. The third-order valence-corrected chi connectivity index (χ3v) is 3.73. The fourth-order valence-corrected chi connectivity index (χ4v) is 2.65. The molecule has 2 aromatic rings. The molecule has 0 bridgehead atoms. The molecule has 0 saturated carbocycles. The lowest BCUT2D eigenvalue weighted by atomic mass is 10.3. The Morgan fingerprint density at radius 2 is 2.27 bits per heavy atom. The molecule has 1 saturated heterocycles. The monoisotopic (exact) mass is 304 g/mol. The van der Waals surface area contributed by atoms with Gasteiger partial charge in [-0.3, -0.25) is 9.20 Å². The van der Waals surface area contributed by atoms with Gasteiger partial charge in [-0.25, -0.2) is 4.98 Å². The van der Waals surface area contributed by atoms with Crippen molar-refractivity contribution in [1.29, 1.82) is 0 Å². The van der Waals surface area contributed by atoms with Crippen molar-refractivity contribution in [3.8, 4) is 0 Å². The zero-order chi connectivity index (χ0) is 15.7. The zero-order valence-electron chi connectivity index (χ0n) is 13.0. The topological polar surface area (TPSA) is 84.7 Å². The quantitative estimate of drug-likeness (QED) is 0.845. The Morgan fingerprint density at radius 3 is 3.05 bits per heavy atom. The minimum Gasteiger partial charge on any atom is -0.374 e. The molecule has 1 fully saturated rings. The zero-order valence-corrected chi connectivity index (χ0v) is 13.0. The van der Waals surface area contributed by atoms with Crippen LogP contribution in [0.2, 0.25) is 0 Å². The van der Waals surface area contributed by atoms with Crippen LogP contribution in [0.25, 0.3) is 5.78 Å². The van der Waals surface area contributed by atoms with Crippen molar-refractivity contribution in [3.63, 3.8) is 0 Å². The van der Waals surface area contributed by atoms with E-state index in [1.807, 2.05) is 27.0 Å². The number of aryl methyl sites for hydroxylation is 2. The van der Waals surface area contributed by atoms with Crippen molar-refractivity contribution < 1.29 is 9.53 Å². The summed E-state index contributed by atoms with van der Waals surface area (Å²) in [6.45, 7) is 6.66. The van der Waals surface area contributed by atoms with Gasteiger partial charge >= 0.3 is 0 Å². The smallest absolute Gasteiger partial charge is 0.289 e. The number of carbonyl (C=O) groups excluding carboxylic acids is 1. The molecule has 3 rings (SSSR count).